The van der Waals surface area contributed by atoms with E-state index >= 15 is 0 Å². The molecule has 0 aliphatic rings. The number of nitrogens with zero attached hydrogens (tertiary/aromatic N) is 7. The molecule has 0 fully saturated rings. The van der Waals surface area contributed by atoms with Crippen molar-refractivity contribution in [3.8, 4) is 23.3 Å². The number of benzene rings is 5. The van der Waals surface area contributed by atoms with Crippen LogP contribution in [-0.4, -0.2) is 84.0 Å². The summed E-state index contributed by atoms with van der Waals surface area (Å²) in [5.41, 5.74) is -1.65. The molecule has 5 aromatic carbocycles. The number of thiophene rings is 1. The van der Waals surface area contributed by atoms with Crippen LogP contribution in [0.5, 0.6) is 0 Å². The number of fused-ring (bicyclic) bond motifs is 1. The third-order valence-corrected chi connectivity index (χ3v) is 18.1. The Kier molecular flexibility index (Phi) is 16.2. The fourth-order valence-corrected chi connectivity index (χ4v) is 12.6. The number of aromatic nitrogens is 1. The maximum Gasteiger partial charge on any atom is 0.296 e. The molecule has 2 aromatic heterocycles. The highest BCUT2D eigenvalue weighted by Crippen LogP contribution is 2.49. The average molecular weight is 1240 g/mol. The van der Waals surface area contributed by atoms with Gasteiger partial charge in [0.2, 0.25) is 10.0 Å². The third kappa shape index (κ3) is 12.9. The molecule has 78 heavy (non-hydrogen) atoms. The number of sulfonamides is 1. The van der Waals surface area contributed by atoms with Crippen LogP contribution in [0.3, 0.4) is 0 Å². The molecule has 0 radical (unpaired) electrons. The van der Waals surface area contributed by atoms with E-state index in [1.165, 1.54) is 50.2 Å². The van der Waals surface area contributed by atoms with Gasteiger partial charge in [0.1, 0.15) is 48.0 Å². The van der Waals surface area contributed by atoms with Gasteiger partial charge in [0.15, 0.2) is 16.6 Å². The zero-order valence-corrected chi connectivity index (χ0v) is 45.9. The van der Waals surface area contributed by atoms with Crippen LogP contribution in [0, 0.1) is 29.6 Å². The molecule has 0 bridgehead atoms. The lowest BCUT2D eigenvalue weighted by atomic mass is 10.0. The van der Waals surface area contributed by atoms with E-state index in [-0.39, 0.29) is 83.0 Å². The van der Waals surface area contributed by atoms with Gasteiger partial charge in [-0.1, -0.05) is 46.7 Å². The van der Waals surface area contributed by atoms with Crippen molar-refractivity contribution in [2.45, 2.75) is 38.3 Å². The summed E-state index contributed by atoms with van der Waals surface area (Å²) in [5.74, 6) is -0.948. The highest BCUT2D eigenvalue weighted by Gasteiger charge is 2.28. The second-order valence-electron chi connectivity index (χ2n) is 15.7. The molecule has 0 spiro atoms. The van der Waals surface area contributed by atoms with Crippen molar-refractivity contribution in [3.63, 3.8) is 0 Å². The number of azo groups is 2. The summed E-state index contributed by atoms with van der Waals surface area (Å²) in [6.45, 7) is 2.73. The first-order valence-corrected chi connectivity index (χ1v) is 31.1. The van der Waals surface area contributed by atoms with Crippen LogP contribution >= 0.6 is 34.5 Å². The minimum Gasteiger partial charge on any atom is -0.339 e. The van der Waals surface area contributed by atoms with Crippen molar-refractivity contribution >= 4 is 156 Å². The van der Waals surface area contributed by atoms with Gasteiger partial charge in [-0.25, -0.2) is 13.4 Å². The molecule has 0 amide bonds. The molecule has 0 atom stereocenters. The zero-order chi connectivity index (χ0) is 57.7. The van der Waals surface area contributed by atoms with Crippen LogP contribution in [-0.2, 0) is 60.6 Å². The van der Waals surface area contributed by atoms with Gasteiger partial charge in [-0.2, -0.15) is 52.6 Å². The first-order chi connectivity index (χ1) is 36.1. The average Bonchev–Trinajstić information content (AvgIpc) is 3.79. The summed E-state index contributed by atoms with van der Waals surface area (Å²) in [6, 6.07) is 18.0. The lowest BCUT2D eigenvalue weighted by Crippen LogP contribution is -2.14. The molecule has 7 rings (SSSR count). The van der Waals surface area contributed by atoms with Crippen molar-refractivity contribution in [1.29, 1.82) is 10.5 Å². The number of hydrogen-bond acceptors (Lipinski definition) is 22. The van der Waals surface area contributed by atoms with Gasteiger partial charge in [0.05, 0.1) is 31.9 Å². The third-order valence-electron chi connectivity index (χ3n) is 10.6. The number of hydrogen-bond donors (Lipinski definition) is 8. The van der Waals surface area contributed by atoms with Crippen LogP contribution in [0.15, 0.2) is 130 Å². The van der Waals surface area contributed by atoms with Gasteiger partial charge < -0.3 is 10.6 Å². The predicted molar refractivity (Wildman–Crippen MR) is 282 cm³/mol. The number of nitriles is 2. The van der Waals surface area contributed by atoms with Crippen LogP contribution in [0.25, 0.3) is 21.9 Å². The molecule has 27 nitrogen and oxygen atoms in total. The van der Waals surface area contributed by atoms with Crippen molar-refractivity contribution in [3.05, 3.63) is 112 Å². The highest BCUT2D eigenvalue weighted by molar-refractivity contribution is 7.92. The second-order valence-corrected chi connectivity index (χ2v) is 26.5. The Hall–Kier alpha value is -7.13. The van der Waals surface area contributed by atoms with E-state index in [1.807, 2.05) is 12.1 Å². The van der Waals surface area contributed by atoms with E-state index in [1.54, 1.807) is 0 Å². The molecular weight excluding hydrogens is 1210 g/mol. The molecule has 406 valence electrons. The Bertz CT molecular complexity index is 4570. The van der Waals surface area contributed by atoms with Gasteiger partial charge in [-0.05, 0) is 92.2 Å². The molecule has 0 saturated heterocycles. The fraction of sp³-hybridized carbons (Fsp3) is 0.0714. The molecule has 8 N–H and O–H groups in total. The minimum atomic E-state index is -5.44. The molecule has 0 unspecified atom stereocenters. The summed E-state index contributed by atoms with van der Waals surface area (Å²) in [6.07, 6.45) is 0. The summed E-state index contributed by atoms with van der Waals surface area (Å²) >= 11 is 12.6. The summed E-state index contributed by atoms with van der Waals surface area (Å²) in [4.78, 5) is -0.667. The Labute approximate surface area is 456 Å². The first kappa shape index (κ1) is 58.6. The standard InChI is InChI=1S/C42H30Cl2N10O17S7/c1-3-73(55,56)54-22-6-4-21(5-7-22)37-30(19-46)41(72-42(37)53-50-25-12-27-28(33(15-25)75(60,61)62)16-26(74(57,58)59)17-34(27)76(63,64)65)52-51-38-20(2)29(18-45)39(47-23-8-10-31(43)35(13-23)77(66,67)68)49-40(38)48-24-9-11-32(44)36(14-24)78(69,70)71/h4-17,54H,3H2,1-2H3,(H2,47,48,49)(H,57,58,59)(H,60,61,62)(H,63,64,65)(H,66,67,68)(H,69,70,71). The van der Waals surface area contributed by atoms with Gasteiger partial charge in [0.25, 0.3) is 50.6 Å². The SMILES string of the molecule is CCS(=O)(=O)Nc1ccc(-c2c(N=Nc3cc(S(=O)(=O)O)c4cc(S(=O)(=O)O)cc(S(=O)(=O)O)c4c3)sc(N=Nc3c(Nc4ccc(Cl)c(S(=O)(=O)O)c4)nc(Nc4ccc(Cl)c(S(=O)(=O)O)c4)c(C#N)c3C)c2C#N)cc1. The van der Waals surface area contributed by atoms with E-state index in [0.29, 0.717) is 29.5 Å². The Morgan fingerprint density at radius 1 is 0.564 bits per heavy atom. The summed E-state index contributed by atoms with van der Waals surface area (Å²) in [7, 11) is -29.8. The lowest BCUT2D eigenvalue weighted by Gasteiger charge is -2.16. The zero-order valence-electron chi connectivity index (χ0n) is 38.7. The van der Waals surface area contributed by atoms with Crippen LogP contribution < -0.4 is 15.4 Å². The van der Waals surface area contributed by atoms with Gasteiger partial charge >= 0.3 is 0 Å². The van der Waals surface area contributed by atoms with Crippen molar-refractivity contribution < 1.29 is 73.3 Å². The largest absolute Gasteiger partial charge is 0.339 e. The quantitative estimate of drug-likeness (QED) is 0.0310. The summed E-state index contributed by atoms with van der Waals surface area (Å²) < 4.78 is 200. The van der Waals surface area contributed by atoms with Crippen LogP contribution in [0.1, 0.15) is 23.6 Å². The Balaban J connectivity index is 1.46. The number of nitrogens with one attached hydrogen (secondary N) is 3. The molecule has 36 heteroatoms. The van der Waals surface area contributed by atoms with Gasteiger partial charge in [-0.15, -0.1) is 20.5 Å². The molecule has 0 aliphatic heterocycles. The topological polar surface area (TPSA) is 452 Å². The number of pyridine rings is 1. The van der Waals surface area contributed by atoms with E-state index in [9.17, 15) is 83.8 Å². The molecular formula is C42H30Cl2N10O17S7. The molecule has 0 aliphatic carbocycles. The van der Waals surface area contributed by atoms with E-state index in [4.69, 9.17) is 23.2 Å². The Morgan fingerprint density at radius 3 is 1.55 bits per heavy atom. The number of rotatable bonds is 17. The van der Waals surface area contributed by atoms with Crippen molar-refractivity contribution in [1.82, 2.24) is 4.98 Å². The maximum atomic E-state index is 12.7. The molecule has 0 saturated carbocycles. The van der Waals surface area contributed by atoms with E-state index < -0.39 is 107 Å². The van der Waals surface area contributed by atoms with E-state index in [0.717, 1.165) is 30.3 Å². The summed E-state index contributed by atoms with van der Waals surface area (Å²) in [5, 5.41) is 40.6. The lowest BCUT2D eigenvalue weighted by molar-refractivity contribution is 0.478. The second kappa shape index (κ2) is 21.6. The van der Waals surface area contributed by atoms with Gasteiger partial charge in [-0.3, -0.25) is 27.5 Å². The minimum absolute atomic E-state index is 0.0478. The number of anilines is 5. The Morgan fingerprint density at radius 2 is 1.05 bits per heavy atom. The van der Waals surface area contributed by atoms with Crippen molar-refractivity contribution in [2.75, 3.05) is 21.1 Å². The molecule has 7 aromatic rings. The van der Waals surface area contributed by atoms with Crippen molar-refractivity contribution in [2.24, 2.45) is 20.5 Å². The normalized spacial score (nSPS) is 12.7. The smallest absolute Gasteiger partial charge is 0.296 e. The first-order valence-electron chi connectivity index (χ1n) is 20.7. The maximum absolute atomic E-state index is 12.7. The van der Waals surface area contributed by atoms with Crippen LogP contribution in [0.2, 0.25) is 10.0 Å². The van der Waals surface area contributed by atoms with Crippen LogP contribution in [0.4, 0.5) is 50.1 Å². The van der Waals surface area contributed by atoms with Gasteiger partial charge in [0, 0.05) is 39.0 Å². The monoisotopic (exact) mass is 1240 g/mol. The number of halogens is 2. The molecule has 2 heterocycles. The van der Waals surface area contributed by atoms with E-state index in [2.05, 4.69) is 40.8 Å². The highest BCUT2D eigenvalue weighted by atomic mass is 35.5. The fourth-order valence-electron chi connectivity index (χ4n) is 7.03. The predicted octanol–water partition coefficient (Wildman–Crippen LogP) is 9.63.